The molecule has 0 aliphatic heterocycles. The Bertz CT molecular complexity index is 1100. The molecule has 0 spiro atoms. The fraction of sp³-hybridized carbons (Fsp3) is 0.263. The maximum absolute atomic E-state index is 11.9. The van der Waals surface area contributed by atoms with E-state index in [0.29, 0.717) is 28.5 Å². The summed E-state index contributed by atoms with van der Waals surface area (Å²) < 4.78 is 26.3. The van der Waals surface area contributed by atoms with Crippen LogP contribution < -0.4 is 10.1 Å². The van der Waals surface area contributed by atoms with Crippen molar-refractivity contribution in [1.82, 2.24) is 9.97 Å². The van der Waals surface area contributed by atoms with E-state index >= 15 is 0 Å². The van der Waals surface area contributed by atoms with E-state index in [-0.39, 0.29) is 6.61 Å². The van der Waals surface area contributed by atoms with Gasteiger partial charge in [0.25, 0.3) is 0 Å². The number of rotatable bonds is 7. The number of aliphatic hydroxyl groups is 1. The van der Waals surface area contributed by atoms with Crippen LogP contribution in [0.1, 0.15) is 12.5 Å². The molecule has 0 saturated carbocycles. The van der Waals surface area contributed by atoms with Crippen molar-refractivity contribution in [2.75, 3.05) is 18.1 Å². The Balaban J connectivity index is 1.83. The zero-order chi connectivity index (χ0) is 20.3. The predicted molar refractivity (Wildman–Crippen MR) is 113 cm³/mol. The normalized spacial score (nSPS) is 14.4. The van der Waals surface area contributed by atoms with Gasteiger partial charge in [0.15, 0.2) is 0 Å². The van der Waals surface area contributed by atoms with Crippen molar-refractivity contribution in [2.24, 2.45) is 0 Å². The Hall–Kier alpha value is -2.23. The highest BCUT2D eigenvalue weighted by molar-refractivity contribution is 9.10. The van der Waals surface area contributed by atoms with Crippen LogP contribution in [0, 0.1) is 4.78 Å². The number of hydrogen-bond donors (Lipinski definition) is 3. The first-order valence-electron chi connectivity index (χ1n) is 8.56. The highest BCUT2D eigenvalue weighted by atomic mass is 79.9. The second-order valence-corrected chi connectivity index (χ2v) is 9.54. The Kier molecular flexibility index (Phi) is 6.17. The predicted octanol–water partition coefficient (Wildman–Crippen LogP) is 3.80. The van der Waals surface area contributed by atoms with E-state index in [1.165, 1.54) is 12.6 Å². The zero-order valence-corrected chi connectivity index (χ0v) is 17.9. The maximum Gasteiger partial charge on any atom is 0.137 e. The quantitative estimate of drug-likeness (QED) is 0.490. The fourth-order valence-electron chi connectivity index (χ4n) is 2.59. The van der Waals surface area contributed by atoms with Gasteiger partial charge in [-0.1, -0.05) is 12.1 Å². The monoisotopic (exact) mass is 464 g/mol. The van der Waals surface area contributed by atoms with Crippen molar-refractivity contribution in [2.45, 2.75) is 24.5 Å². The largest absolute Gasteiger partial charge is 0.488 e. The van der Waals surface area contributed by atoms with Gasteiger partial charge in [-0.3, -0.25) is 0 Å². The van der Waals surface area contributed by atoms with Gasteiger partial charge in [-0.25, -0.2) is 19.0 Å². The molecule has 2 atom stereocenters. The van der Waals surface area contributed by atoms with Crippen LogP contribution in [0.15, 0.2) is 52.1 Å². The van der Waals surface area contributed by atoms with Gasteiger partial charge in [0.1, 0.15) is 24.5 Å². The summed E-state index contributed by atoms with van der Waals surface area (Å²) in [7, 11) is -2.77. The fourth-order valence-corrected chi connectivity index (χ4v) is 3.76. The van der Waals surface area contributed by atoms with Gasteiger partial charge in [-0.05, 0) is 46.6 Å². The van der Waals surface area contributed by atoms with Gasteiger partial charge >= 0.3 is 0 Å². The van der Waals surface area contributed by atoms with Gasteiger partial charge < -0.3 is 15.2 Å². The molecule has 0 aliphatic rings. The summed E-state index contributed by atoms with van der Waals surface area (Å²) >= 11 is 3.52. The van der Waals surface area contributed by atoms with E-state index in [1.807, 2.05) is 18.2 Å². The third kappa shape index (κ3) is 4.98. The van der Waals surface area contributed by atoms with Crippen LogP contribution in [0.2, 0.25) is 0 Å². The minimum absolute atomic E-state index is 0.270. The van der Waals surface area contributed by atoms with Crippen LogP contribution in [0.5, 0.6) is 5.75 Å². The van der Waals surface area contributed by atoms with Crippen LogP contribution in [-0.2, 0) is 16.3 Å². The molecule has 0 aliphatic carbocycles. The van der Waals surface area contributed by atoms with Crippen molar-refractivity contribution in [3.05, 3.63) is 52.8 Å². The first kappa shape index (κ1) is 20.5. The number of halogens is 1. The molecule has 3 aromatic rings. The molecule has 3 rings (SSSR count). The molecular formula is C19H21BrN4O3S. The number of fused-ring (bicyclic) bond motifs is 1. The minimum Gasteiger partial charge on any atom is -0.488 e. The average Bonchev–Trinajstić information content (AvgIpc) is 2.64. The van der Waals surface area contributed by atoms with Crippen LogP contribution in [0.4, 0.5) is 5.82 Å². The lowest BCUT2D eigenvalue weighted by atomic mass is 10.2. The van der Waals surface area contributed by atoms with E-state index < -0.39 is 15.8 Å². The lowest BCUT2D eigenvalue weighted by molar-refractivity contribution is 0.208. The van der Waals surface area contributed by atoms with E-state index in [9.17, 15) is 9.32 Å². The molecule has 2 aromatic carbocycles. The van der Waals surface area contributed by atoms with Crippen molar-refractivity contribution in [3.63, 3.8) is 0 Å². The molecule has 148 valence electrons. The summed E-state index contributed by atoms with van der Waals surface area (Å²) in [4.78, 5) is 9.01. The minimum atomic E-state index is -2.77. The number of aromatic nitrogens is 2. The first-order chi connectivity index (χ1) is 13.2. The summed E-state index contributed by atoms with van der Waals surface area (Å²) in [5.74, 6) is 1.25. The molecule has 1 unspecified atom stereocenters. The van der Waals surface area contributed by atoms with Crippen LogP contribution in [0.25, 0.3) is 10.9 Å². The molecule has 0 fully saturated rings. The van der Waals surface area contributed by atoms with Crippen LogP contribution in [-0.4, -0.2) is 38.2 Å². The van der Waals surface area contributed by atoms with Crippen molar-refractivity contribution in [3.8, 4) is 5.75 Å². The lowest BCUT2D eigenvalue weighted by Gasteiger charge is -2.13. The smallest absolute Gasteiger partial charge is 0.137 e. The van der Waals surface area contributed by atoms with Crippen LogP contribution in [0.3, 0.4) is 0 Å². The van der Waals surface area contributed by atoms with E-state index in [1.54, 1.807) is 25.1 Å². The summed E-state index contributed by atoms with van der Waals surface area (Å²) in [5, 5.41) is 13.4. The van der Waals surface area contributed by atoms with Gasteiger partial charge in [0.05, 0.1) is 25.8 Å². The number of nitrogens with zero attached hydrogens (tertiary/aromatic N) is 2. The molecule has 0 amide bonds. The number of anilines is 1. The number of ether oxygens (including phenoxy) is 1. The van der Waals surface area contributed by atoms with Crippen LogP contribution >= 0.6 is 15.9 Å². The Morgan fingerprint density at radius 1 is 1.32 bits per heavy atom. The topological polar surface area (TPSA) is 108 Å². The SMILES string of the molecule is C[C@H](O)CNc1ncnc2cc(OCc3cccc(S(C)(=N)=O)c3)c(Br)cc12. The van der Waals surface area contributed by atoms with Crippen molar-refractivity contribution < 1.29 is 14.1 Å². The highest BCUT2D eigenvalue weighted by Crippen LogP contribution is 2.32. The molecule has 1 aromatic heterocycles. The Morgan fingerprint density at radius 2 is 2.11 bits per heavy atom. The summed E-state index contributed by atoms with van der Waals surface area (Å²) in [6.07, 6.45) is 2.36. The van der Waals surface area contributed by atoms with Gasteiger partial charge in [-0.2, -0.15) is 0 Å². The highest BCUT2D eigenvalue weighted by Gasteiger charge is 2.11. The van der Waals surface area contributed by atoms with Crippen molar-refractivity contribution in [1.29, 1.82) is 4.78 Å². The van der Waals surface area contributed by atoms with Crippen molar-refractivity contribution >= 4 is 42.4 Å². The summed E-state index contributed by atoms with van der Waals surface area (Å²) in [6, 6.07) is 10.7. The van der Waals surface area contributed by atoms with E-state index in [4.69, 9.17) is 9.52 Å². The third-order valence-corrected chi connectivity index (χ3v) is 5.77. The average molecular weight is 465 g/mol. The van der Waals surface area contributed by atoms with Gasteiger partial charge in [-0.15, -0.1) is 0 Å². The van der Waals surface area contributed by atoms with E-state index in [2.05, 4.69) is 31.2 Å². The number of benzene rings is 2. The number of hydrogen-bond acceptors (Lipinski definition) is 7. The molecule has 28 heavy (non-hydrogen) atoms. The maximum atomic E-state index is 11.9. The number of nitrogens with one attached hydrogen (secondary N) is 2. The molecule has 0 radical (unpaired) electrons. The zero-order valence-electron chi connectivity index (χ0n) is 15.5. The second-order valence-electron chi connectivity index (χ2n) is 6.53. The number of aliphatic hydroxyl groups excluding tert-OH is 1. The summed E-state index contributed by atoms with van der Waals surface area (Å²) in [5.41, 5.74) is 1.53. The van der Waals surface area contributed by atoms with Gasteiger partial charge in [0.2, 0.25) is 0 Å². The van der Waals surface area contributed by atoms with Gasteiger partial charge in [0, 0.05) is 29.1 Å². The summed E-state index contributed by atoms with van der Waals surface area (Å²) in [6.45, 7) is 2.35. The molecule has 0 saturated heterocycles. The second kappa shape index (κ2) is 8.42. The molecular weight excluding hydrogens is 444 g/mol. The molecule has 1 heterocycles. The Morgan fingerprint density at radius 3 is 2.82 bits per heavy atom. The van der Waals surface area contributed by atoms with E-state index in [0.717, 1.165) is 15.4 Å². The molecule has 7 nitrogen and oxygen atoms in total. The molecule has 3 N–H and O–H groups in total. The molecule has 9 heteroatoms. The molecule has 0 bridgehead atoms. The standard InChI is InChI=1S/C19H21BrN4O3S/c1-12(25)9-22-19-15-7-16(20)18(8-17(15)23-11-24-19)27-10-13-4-3-5-14(6-13)28(2,21)26/h3-8,11-12,21,25H,9-10H2,1-2H3,(H,22,23,24)/t12-,28?/m0/s1. The Labute approximate surface area is 172 Å². The third-order valence-electron chi connectivity index (χ3n) is 4.00. The lowest BCUT2D eigenvalue weighted by Crippen LogP contribution is -2.16. The first-order valence-corrected chi connectivity index (χ1v) is 11.3.